The third-order valence-corrected chi connectivity index (χ3v) is 11.4. The maximum Gasteiger partial charge on any atom is 0.445 e. The summed E-state index contributed by atoms with van der Waals surface area (Å²) in [4.78, 5) is 5.95. The summed E-state index contributed by atoms with van der Waals surface area (Å²) < 4.78 is 102. The molecule has 0 aliphatic carbocycles. The lowest BCUT2D eigenvalue weighted by molar-refractivity contribution is -0.138. The molecule has 2 saturated heterocycles. The van der Waals surface area contributed by atoms with Gasteiger partial charge in [-0.2, -0.15) is 17.5 Å². The van der Waals surface area contributed by atoms with Crippen molar-refractivity contribution in [3.05, 3.63) is 23.5 Å². The number of fused-ring (bicyclic) bond motifs is 1. The van der Waals surface area contributed by atoms with Gasteiger partial charge < -0.3 is 9.64 Å². The zero-order valence-corrected chi connectivity index (χ0v) is 23.6. The molecular formula is C21H26F3N7O5S3. The third-order valence-electron chi connectivity index (χ3n) is 6.52. The van der Waals surface area contributed by atoms with Crippen LogP contribution in [0, 0.1) is 0 Å². The number of halogens is 3. The molecule has 3 aromatic heterocycles. The second-order valence-electron chi connectivity index (χ2n) is 9.95. The van der Waals surface area contributed by atoms with Crippen LogP contribution < -0.4 is 9.62 Å². The van der Waals surface area contributed by atoms with Crippen LogP contribution in [0.5, 0.6) is 0 Å². The summed E-state index contributed by atoms with van der Waals surface area (Å²) in [5.41, 5.74) is 0.0588. The number of hydrogen-bond acceptors (Lipinski definition) is 10. The summed E-state index contributed by atoms with van der Waals surface area (Å²) in [5, 5.41) is 4.99. The first-order valence-corrected chi connectivity index (χ1v) is 15.7. The van der Waals surface area contributed by atoms with E-state index in [2.05, 4.69) is 19.9 Å². The van der Waals surface area contributed by atoms with Gasteiger partial charge in [-0.3, -0.25) is 4.40 Å². The Bertz CT molecular complexity index is 1610. The second kappa shape index (κ2) is 9.62. The van der Waals surface area contributed by atoms with E-state index in [1.165, 1.54) is 27.2 Å². The molecule has 0 atom stereocenters. The summed E-state index contributed by atoms with van der Waals surface area (Å²) in [7, 11) is -7.57. The second-order valence-corrected chi connectivity index (χ2v) is 15.1. The molecule has 2 aliphatic rings. The molecule has 3 aromatic rings. The monoisotopic (exact) mass is 609 g/mol. The van der Waals surface area contributed by atoms with E-state index in [0.717, 1.165) is 0 Å². The molecule has 18 heteroatoms. The van der Waals surface area contributed by atoms with Gasteiger partial charge in [0.1, 0.15) is 4.90 Å². The summed E-state index contributed by atoms with van der Waals surface area (Å²) in [6.07, 6.45) is -2.00. The average molecular weight is 610 g/mol. The fourth-order valence-electron chi connectivity index (χ4n) is 4.37. The first kappa shape index (κ1) is 28.2. The smallest absolute Gasteiger partial charge is 0.377 e. The maximum atomic E-state index is 13.4. The van der Waals surface area contributed by atoms with Gasteiger partial charge >= 0.3 is 6.18 Å². The maximum absolute atomic E-state index is 13.4. The zero-order chi connectivity index (χ0) is 28.4. The third kappa shape index (κ3) is 5.24. The number of ether oxygens (including phenoxy) is 1. The molecule has 0 unspecified atom stereocenters. The number of rotatable bonds is 7. The van der Waals surface area contributed by atoms with Crippen LogP contribution in [0.2, 0.25) is 0 Å². The summed E-state index contributed by atoms with van der Waals surface area (Å²) in [5.74, 6) is -0.00416. The Labute approximate surface area is 226 Å². The van der Waals surface area contributed by atoms with E-state index in [1.807, 2.05) is 4.90 Å². The average Bonchev–Trinajstić information content (AvgIpc) is 3.49. The van der Waals surface area contributed by atoms with Crippen molar-refractivity contribution in [3.8, 4) is 10.8 Å². The lowest BCUT2D eigenvalue weighted by Crippen LogP contribution is -2.59. The molecule has 39 heavy (non-hydrogen) atoms. The number of piperazine rings is 1. The van der Waals surface area contributed by atoms with Crippen LogP contribution in [-0.2, 0) is 31.0 Å². The largest absolute Gasteiger partial charge is 0.445 e. The van der Waals surface area contributed by atoms with Crippen molar-refractivity contribution >= 4 is 42.6 Å². The lowest BCUT2D eigenvalue weighted by Gasteiger charge is -2.38. The molecule has 2 fully saturated rings. The van der Waals surface area contributed by atoms with Crippen LogP contribution in [0.25, 0.3) is 16.3 Å². The first-order chi connectivity index (χ1) is 18.1. The van der Waals surface area contributed by atoms with Crippen molar-refractivity contribution in [2.24, 2.45) is 0 Å². The number of imidazole rings is 1. The molecule has 214 valence electrons. The number of alkyl halides is 3. The Kier molecular flexibility index (Phi) is 6.95. The SMILES string of the molecule is CC(C)S(=O)(=O)N1CCN(c2cc(S(=O)(=O)NC3(C)COC3)cn3c(-c4nnc(C(F)(F)F)s4)ncc23)CC1. The number of sulfonamides is 2. The van der Waals surface area contributed by atoms with Gasteiger partial charge in [0.15, 0.2) is 10.8 Å². The van der Waals surface area contributed by atoms with Crippen LogP contribution in [0.4, 0.5) is 18.9 Å². The van der Waals surface area contributed by atoms with Crippen LogP contribution in [-0.4, -0.2) is 90.9 Å². The predicted molar refractivity (Wildman–Crippen MR) is 136 cm³/mol. The Balaban J connectivity index is 1.58. The molecule has 0 radical (unpaired) electrons. The van der Waals surface area contributed by atoms with Gasteiger partial charge in [0, 0.05) is 32.4 Å². The highest BCUT2D eigenvalue weighted by Gasteiger charge is 2.39. The molecule has 0 aromatic carbocycles. The number of aromatic nitrogens is 4. The van der Waals surface area contributed by atoms with Crippen molar-refractivity contribution in [3.63, 3.8) is 0 Å². The van der Waals surface area contributed by atoms with E-state index in [0.29, 0.717) is 22.5 Å². The van der Waals surface area contributed by atoms with Gasteiger partial charge in [-0.25, -0.2) is 26.5 Å². The van der Waals surface area contributed by atoms with Gasteiger partial charge in [-0.1, -0.05) is 11.3 Å². The quantitative estimate of drug-likeness (QED) is 0.425. The highest BCUT2D eigenvalue weighted by atomic mass is 32.2. The Morgan fingerprint density at radius 3 is 2.31 bits per heavy atom. The minimum atomic E-state index is -4.69. The van der Waals surface area contributed by atoms with Crippen LogP contribution in [0.1, 0.15) is 25.8 Å². The molecule has 5 rings (SSSR count). The van der Waals surface area contributed by atoms with Crippen LogP contribution >= 0.6 is 11.3 Å². The molecule has 0 saturated carbocycles. The zero-order valence-electron chi connectivity index (χ0n) is 21.1. The fourth-order valence-corrected chi connectivity index (χ4v) is 7.74. The van der Waals surface area contributed by atoms with Crippen molar-refractivity contribution in [2.75, 3.05) is 44.3 Å². The molecule has 0 amide bonds. The molecular weight excluding hydrogens is 583 g/mol. The number of hydrogen-bond donors (Lipinski definition) is 1. The van der Waals surface area contributed by atoms with E-state index in [9.17, 15) is 30.0 Å². The van der Waals surface area contributed by atoms with Gasteiger partial charge in [-0.05, 0) is 26.8 Å². The highest BCUT2D eigenvalue weighted by Crippen LogP contribution is 2.36. The number of nitrogens with zero attached hydrogens (tertiary/aromatic N) is 6. The number of nitrogens with one attached hydrogen (secondary N) is 1. The predicted octanol–water partition coefficient (Wildman–Crippen LogP) is 1.80. The van der Waals surface area contributed by atoms with Crippen LogP contribution in [0.3, 0.4) is 0 Å². The Morgan fingerprint density at radius 2 is 1.77 bits per heavy atom. The number of anilines is 1. The molecule has 0 spiro atoms. The van der Waals surface area contributed by atoms with Gasteiger partial charge in [0.25, 0.3) is 0 Å². The van der Waals surface area contributed by atoms with E-state index >= 15 is 0 Å². The van der Waals surface area contributed by atoms with Crippen molar-refractivity contribution in [1.82, 2.24) is 28.6 Å². The first-order valence-electron chi connectivity index (χ1n) is 11.9. The van der Waals surface area contributed by atoms with E-state index in [4.69, 9.17) is 4.74 Å². The van der Waals surface area contributed by atoms with Gasteiger partial charge in [0.05, 0.1) is 41.4 Å². The van der Waals surface area contributed by atoms with Crippen LogP contribution in [0.15, 0.2) is 23.4 Å². The molecule has 12 nitrogen and oxygen atoms in total. The van der Waals surface area contributed by atoms with Crippen molar-refractivity contribution < 1.29 is 34.7 Å². The molecule has 0 bridgehead atoms. The summed E-state index contributed by atoms with van der Waals surface area (Å²) in [6, 6.07) is 1.46. The minimum Gasteiger partial charge on any atom is -0.377 e. The molecule has 5 heterocycles. The standard InChI is InChI=1S/C21H26F3N7O5S3/c1-13(2)39(34,35)30-6-4-29(5-7-30)15-8-14(38(32,33)28-20(3)11-36-12-20)10-31-16(15)9-25-17(31)18-26-27-19(37-18)21(22,23)24/h8-10,13,28H,4-7,11-12H2,1-3H3. The lowest BCUT2D eigenvalue weighted by atomic mass is 10.0. The van der Waals surface area contributed by atoms with E-state index in [1.54, 1.807) is 20.8 Å². The normalized spacial score (nSPS) is 19.1. The minimum absolute atomic E-state index is 0.00416. The van der Waals surface area contributed by atoms with E-state index in [-0.39, 0.29) is 55.1 Å². The molecule has 1 N–H and O–H groups in total. The summed E-state index contributed by atoms with van der Waals surface area (Å²) in [6.45, 7) is 6.18. The van der Waals surface area contributed by atoms with E-state index < -0.39 is 42.0 Å². The highest BCUT2D eigenvalue weighted by molar-refractivity contribution is 7.89. The topological polar surface area (TPSA) is 139 Å². The van der Waals surface area contributed by atoms with Crippen molar-refractivity contribution in [2.45, 2.75) is 42.6 Å². The fraction of sp³-hybridized carbons (Fsp3) is 0.571. The Hall–Kier alpha value is -2.38. The van der Waals surface area contributed by atoms with Gasteiger partial charge in [0.2, 0.25) is 25.1 Å². The van der Waals surface area contributed by atoms with Crippen molar-refractivity contribution in [1.29, 1.82) is 0 Å². The number of pyridine rings is 1. The summed E-state index contributed by atoms with van der Waals surface area (Å²) >= 11 is 0.297. The van der Waals surface area contributed by atoms with Gasteiger partial charge in [-0.15, -0.1) is 10.2 Å². The Morgan fingerprint density at radius 1 is 1.10 bits per heavy atom. The molecule has 2 aliphatic heterocycles.